The Morgan fingerprint density at radius 2 is 1.96 bits per heavy atom. The molecule has 4 N–H and O–H groups in total. The Hall–Kier alpha value is -2.54. The standard InChI is InChI=1S/C19H28N6O/c1-4-5-6-13-7-9-14(10-8-13)21-11-15-12-22-17-16(24(15)2)18(26)23-19(20)25(17)3/h7-10,12,15,19,21H,4-6,11,20H2,1-3H3,(H,23,26). The van der Waals surface area contributed by atoms with Crippen molar-refractivity contribution in [3.8, 4) is 0 Å². The van der Waals surface area contributed by atoms with Gasteiger partial charge in [0.25, 0.3) is 5.91 Å². The largest absolute Gasteiger partial charge is 0.383 e. The predicted molar refractivity (Wildman–Crippen MR) is 104 cm³/mol. The quantitative estimate of drug-likeness (QED) is 0.715. The number of nitrogens with two attached hydrogens (primary N) is 1. The number of hydrogen-bond acceptors (Lipinski definition) is 6. The van der Waals surface area contributed by atoms with E-state index in [1.165, 1.54) is 18.4 Å². The van der Waals surface area contributed by atoms with Crippen LogP contribution in [0.3, 0.4) is 0 Å². The number of anilines is 1. The molecule has 0 saturated carbocycles. The molecule has 0 aromatic heterocycles. The topological polar surface area (TPSA) is 86.0 Å². The molecule has 7 heteroatoms. The number of likely N-dealkylation sites (N-methyl/N-ethyl adjacent to an activating group) is 1. The summed E-state index contributed by atoms with van der Waals surface area (Å²) in [5.74, 6) is 0.426. The van der Waals surface area contributed by atoms with Crippen LogP contribution in [0.15, 0.2) is 40.8 Å². The van der Waals surface area contributed by atoms with Crippen LogP contribution in [0.4, 0.5) is 5.69 Å². The Bertz CT molecular complexity index is 711. The van der Waals surface area contributed by atoms with Crippen molar-refractivity contribution >= 4 is 17.8 Å². The molecule has 26 heavy (non-hydrogen) atoms. The van der Waals surface area contributed by atoms with Crippen LogP contribution in [0.5, 0.6) is 0 Å². The van der Waals surface area contributed by atoms with Gasteiger partial charge in [-0.05, 0) is 30.5 Å². The third-order valence-electron chi connectivity index (χ3n) is 4.96. The van der Waals surface area contributed by atoms with E-state index < -0.39 is 6.29 Å². The van der Waals surface area contributed by atoms with Gasteiger partial charge in [0.2, 0.25) is 0 Å². The molecule has 140 valence electrons. The summed E-state index contributed by atoms with van der Waals surface area (Å²) in [6, 6.07) is 8.54. The fraction of sp³-hybridized carbons (Fsp3) is 0.474. The number of carbonyl (C=O) groups is 1. The van der Waals surface area contributed by atoms with Gasteiger partial charge in [-0.25, -0.2) is 4.99 Å². The molecule has 2 unspecified atom stereocenters. The Balaban J connectivity index is 1.63. The Kier molecular flexibility index (Phi) is 5.46. The fourth-order valence-corrected chi connectivity index (χ4v) is 3.17. The van der Waals surface area contributed by atoms with E-state index >= 15 is 0 Å². The molecule has 0 radical (unpaired) electrons. The lowest BCUT2D eigenvalue weighted by Gasteiger charge is -2.40. The minimum absolute atomic E-state index is 0.0120. The summed E-state index contributed by atoms with van der Waals surface area (Å²) in [7, 11) is 3.73. The van der Waals surface area contributed by atoms with Gasteiger partial charge in [-0.1, -0.05) is 25.5 Å². The van der Waals surface area contributed by atoms with Gasteiger partial charge in [0.1, 0.15) is 5.70 Å². The van der Waals surface area contributed by atoms with Gasteiger partial charge in [0.05, 0.1) is 6.04 Å². The van der Waals surface area contributed by atoms with Crippen LogP contribution in [-0.4, -0.2) is 54.9 Å². The normalized spacial score (nSPS) is 22.4. The SMILES string of the molecule is CCCCc1ccc(NCC2C=NC3=C(C(=O)NC(N)N3C)N2C)cc1. The lowest BCUT2D eigenvalue weighted by molar-refractivity contribution is -0.122. The zero-order valence-corrected chi connectivity index (χ0v) is 15.7. The van der Waals surface area contributed by atoms with Gasteiger partial charge in [-0.15, -0.1) is 0 Å². The maximum Gasteiger partial charge on any atom is 0.274 e. The molecule has 0 aliphatic carbocycles. The summed E-state index contributed by atoms with van der Waals surface area (Å²) < 4.78 is 0. The highest BCUT2D eigenvalue weighted by molar-refractivity contribution is 5.96. The second kappa shape index (κ2) is 7.78. The highest BCUT2D eigenvalue weighted by atomic mass is 16.2. The highest BCUT2D eigenvalue weighted by Crippen LogP contribution is 2.24. The van der Waals surface area contributed by atoms with E-state index in [0.29, 0.717) is 18.1 Å². The number of hydrogen-bond donors (Lipinski definition) is 3. The molecule has 2 aliphatic rings. The van der Waals surface area contributed by atoms with Gasteiger partial charge in [0.15, 0.2) is 12.1 Å². The van der Waals surface area contributed by atoms with Crippen LogP contribution in [0.25, 0.3) is 0 Å². The minimum atomic E-state index is -0.548. The summed E-state index contributed by atoms with van der Waals surface area (Å²) in [6.07, 6.45) is 4.86. The van der Waals surface area contributed by atoms with Crippen LogP contribution in [0.1, 0.15) is 25.3 Å². The fourth-order valence-electron chi connectivity index (χ4n) is 3.17. The molecule has 7 nitrogen and oxygen atoms in total. The van der Waals surface area contributed by atoms with Crippen molar-refractivity contribution in [3.63, 3.8) is 0 Å². The Morgan fingerprint density at radius 3 is 2.65 bits per heavy atom. The molecule has 2 aliphatic heterocycles. The molecule has 0 fully saturated rings. The van der Waals surface area contributed by atoms with Crippen LogP contribution in [0, 0.1) is 0 Å². The van der Waals surface area contributed by atoms with Crippen LogP contribution < -0.4 is 16.4 Å². The number of nitrogens with one attached hydrogen (secondary N) is 2. The number of rotatable bonds is 6. The van der Waals surface area contributed by atoms with E-state index in [4.69, 9.17) is 5.73 Å². The second-order valence-electron chi connectivity index (χ2n) is 6.84. The van der Waals surface area contributed by atoms with Crippen LogP contribution >= 0.6 is 0 Å². The average Bonchev–Trinajstić information content (AvgIpc) is 2.64. The minimum Gasteiger partial charge on any atom is -0.383 e. The van der Waals surface area contributed by atoms with E-state index in [2.05, 4.69) is 46.8 Å². The van der Waals surface area contributed by atoms with Gasteiger partial charge in [0, 0.05) is 32.5 Å². The zero-order valence-electron chi connectivity index (χ0n) is 15.7. The summed E-state index contributed by atoms with van der Waals surface area (Å²) in [5, 5.41) is 6.18. The van der Waals surface area contributed by atoms with Crippen molar-refractivity contribution in [1.29, 1.82) is 0 Å². The van der Waals surface area contributed by atoms with E-state index in [1.807, 2.05) is 25.2 Å². The van der Waals surface area contributed by atoms with E-state index in [-0.39, 0.29) is 11.9 Å². The first-order chi connectivity index (χ1) is 12.5. The van der Waals surface area contributed by atoms with Crippen molar-refractivity contribution in [2.45, 2.75) is 38.5 Å². The molecule has 1 aromatic carbocycles. The number of aliphatic imine (C=N–C) groups is 1. The Labute approximate surface area is 154 Å². The molecule has 2 heterocycles. The lowest BCUT2D eigenvalue weighted by atomic mass is 10.1. The molecule has 0 spiro atoms. The maximum atomic E-state index is 12.3. The smallest absolute Gasteiger partial charge is 0.274 e. The molecule has 1 amide bonds. The molecule has 0 saturated heterocycles. The Morgan fingerprint density at radius 1 is 1.23 bits per heavy atom. The number of aryl methyl sites for hydroxylation is 1. The zero-order chi connectivity index (χ0) is 18.7. The molecule has 0 bridgehead atoms. The van der Waals surface area contributed by atoms with Crippen molar-refractivity contribution < 1.29 is 4.79 Å². The van der Waals surface area contributed by atoms with Crippen molar-refractivity contribution in [3.05, 3.63) is 41.3 Å². The first kappa shape index (κ1) is 18.3. The maximum absolute atomic E-state index is 12.3. The first-order valence-corrected chi connectivity index (χ1v) is 9.14. The molecule has 3 rings (SSSR count). The number of unbranched alkanes of at least 4 members (excludes halogenated alkanes) is 1. The van der Waals surface area contributed by atoms with Gasteiger partial charge in [-0.2, -0.15) is 0 Å². The van der Waals surface area contributed by atoms with Gasteiger partial charge >= 0.3 is 0 Å². The number of carbonyl (C=O) groups excluding carboxylic acids is 1. The summed E-state index contributed by atoms with van der Waals surface area (Å²) in [5.41, 5.74) is 8.87. The summed E-state index contributed by atoms with van der Waals surface area (Å²) in [6.45, 7) is 2.87. The van der Waals surface area contributed by atoms with Gasteiger partial charge < -0.3 is 20.4 Å². The van der Waals surface area contributed by atoms with Crippen LogP contribution in [-0.2, 0) is 11.2 Å². The average molecular weight is 356 g/mol. The summed E-state index contributed by atoms with van der Waals surface area (Å²) >= 11 is 0. The van der Waals surface area contributed by atoms with E-state index in [9.17, 15) is 4.79 Å². The summed E-state index contributed by atoms with van der Waals surface area (Å²) in [4.78, 5) is 20.5. The van der Waals surface area contributed by atoms with Gasteiger partial charge in [-0.3, -0.25) is 10.5 Å². The van der Waals surface area contributed by atoms with E-state index in [0.717, 1.165) is 12.1 Å². The van der Waals surface area contributed by atoms with Crippen molar-refractivity contribution in [1.82, 2.24) is 15.1 Å². The molecular weight excluding hydrogens is 328 g/mol. The highest BCUT2D eigenvalue weighted by Gasteiger charge is 2.35. The van der Waals surface area contributed by atoms with Crippen LogP contribution in [0.2, 0.25) is 0 Å². The molecule has 1 aromatic rings. The lowest BCUT2D eigenvalue weighted by Crippen LogP contribution is -2.60. The van der Waals surface area contributed by atoms with Crippen molar-refractivity contribution in [2.75, 3.05) is 26.0 Å². The van der Waals surface area contributed by atoms with E-state index in [1.54, 1.807) is 4.90 Å². The number of amides is 1. The van der Waals surface area contributed by atoms with Crippen molar-refractivity contribution in [2.24, 2.45) is 10.7 Å². The second-order valence-corrected chi connectivity index (χ2v) is 6.84. The third kappa shape index (κ3) is 3.67. The molecule has 2 atom stereocenters. The number of benzene rings is 1. The monoisotopic (exact) mass is 356 g/mol. The number of nitrogens with zero attached hydrogens (tertiary/aromatic N) is 3. The molecular formula is C19H28N6O. The first-order valence-electron chi connectivity index (χ1n) is 9.14. The predicted octanol–water partition coefficient (Wildman–Crippen LogP) is 1.30. The third-order valence-corrected chi connectivity index (χ3v) is 4.96.